The number of methoxy groups -OCH3 is 1. The van der Waals surface area contributed by atoms with Crippen LogP contribution < -0.4 is 0 Å². The van der Waals surface area contributed by atoms with Crippen molar-refractivity contribution >= 4 is 11.8 Å². The molecule has 0 N–H and O–H groups in total. The fourth-order valence-corrected chi connectivity index (χ4v) is 2.76. The molecule has 4 nitrogen and oxygen atoms in total. The van der Waals surface area contributed by atoms with E-state index in [0.29, 0.717) is 24.0 Å². The standard InChI is InChI=1S/C17H15NO3/c1-21-17(20)15-7-11-4-5-12(8-14(11)9-15)16(19)13-3-2-6-18-10-13/h2-6,8,10,15H,7,9H2,1H3. The van der Waals surface area contributed by atoms with Crippen molar-refractivity contribution in [3.8, 4) is 0 Å². The Labute approximate surface area is 122 Å². The van der Waals surface area contributed by atoms with Gasteiger partial charge in [0, 0.05) is 23.5 Å². The van der Waals surface area contributed by atoms with E-state index >= 15 is 0 Å². The maximum atomic E-state index is 12.4. The summed E-state index contributed by atoms with van der Waals surface area (Å²) in [5.74, 6) is -0.368. The van der Waals surface area contributed by atoms with Gasteiger partial charge >= 0.3 is 5.97 Å². The zero-order chi connectivity index (χ0) is 14.8. The molecule has 2 aromatic rings. The Bertz CT molecular complexity index is 694. The van der Waals surface area contributed by atoms with Gasteiger partial charge in [-0.3, -0.25) is 14.6 Å². The molecule has 0 fully saturated rings. The van der Waals surface area contributed by atoms with Crippen LogP contribution >= 0.6 is 0 Å². The molecule has 1 aromatic heterocycles. The van der Waals surface area contributed by atoms with Crippen molar-refractivity contribution in [3.63, 3.8) is 0 Å². The minimum absolute atomic E-state index is 0.0487. The molecule has 1 atom stereocenters. The molecule has 0 saturated carbocycles. The molecule has 1 heterocycles. The molecule has 0 aliphatic heterocycles. The van der Waals surface area contributed by atoms with Crippen molar-refractivity contribution in [2.24, 2.45) is 5.92 Å². The van der Waals surface area contributed by atoms with Gasteiger partial charge in [0.2, 0.25) is 0 Å². The summed E-state index contributed by atoms with van der Waals surface area (Å²) in [4.78, 5) is 28.0. The zero-order valence-corrected chi connectivity index (χ0v) is 11.7. The highest BCUT2D eigenvalue weighted by Crippen LogP contribution is 2.29. The Morgan fingerprint density at radius 2 is 1.95 bits per heavy atom. The van der Waals surface area contributed by atoms with Crippen LogP contribution in [-0.2, 0) is 22.4 Å². The topological polar surface area (TPSA) is 56.3 Å². The Kier molecular flexibility index (Phi) is 3.52. The van der Waals surface area contributed by atoms with Gasteiger partial charge in [0.15, 0.2) is 5.78 Å². The molecule has 0 amide bonds. The molecule has 3 rings (SSSR count). The second-order valence-electron chi connectivity index (χ2n) is 5.18. The van der Waals surface area contributed by atoms with Crippen LogP contribution in [0.3, 0.4) is 0 Å². The lowest BCUT2D eigenvalue weighted by atomic mass is 10.0. The fraction of sp³-hybridized carbons (Fsp3) is 0.235. The molecular weight excluding hydrogens is 266 g/mol. The molecule has 1 aliphatic carbocycles. The zero-order valence-electron chi connectivity index (χ0n) is 11.7. The monoisotopic (exact) mass is 281 g/mol. The van der Waals surface area contributed by atoms with E-state index in [1.807, 2.05) is 18.2 Å². The quantitative estimate of drug-likeness (QED) is 0.639. The predicted octanol–water partition coefficient (Wildman–Crippen LogP) is 2.20. The van der Waals surface area contributed by atoms with Crippen LogP contribution in [0.1, 0.15) is 27.0 Å². The first-order valence-corrected chi connectivity index (χ1v) is 6.83. The number of esters is 1. The average Bonchev–Trinajstić information content (AvgIpc) is 2.97. The number of ether oxygens (including phenoxy) is 1. The summed E-state index contributed by atoms with van der Waals surface area (Å²) in [6.07, 6.45) is 4.52. The summed E-state index contributed by atoms with van der Waals surface area (Å²) in [7, 11) is 1.41. The lowest BCUT2D eigenvalue weighted by Gasteiger charge is -2.04. The Morgan fingerprint density at radius 3 is 2.67 bits per heavy atom. The number of rotatable bonds is 3. The van der Waals surface area contributed by atoms with E-state index in [1.54, 1.807) is 24.5 Å². The minimum Gasteiger partial charge on any atom is -0.469 e. The van der Waals surface area contributed by atoms with Gasteiger partial charge in [-0.25, -0.2) is 0 Å². The highest BCUT2D eigenvalue weighted by Gasteiger charge is 2.28. The van der Waals surface area contributed by atoms with E-state index in [-0.39, 0.29) is 17.7 Å². The van der Waals surface area contributed by atoms with Crippen LogP contribution in [-0.4, -0.2) is 23.8 Å². The number of carbonyl (C=O) groups excluding carboxylic acids is 2. The normalized spacial score (nSPS) is 16.3. The molecule has 21 heavy (non-hydrogen) atoms. The summed E-state index contributed by atoms with van der Waals surface area (Å²) < 4.78 is 4.80. The second kappa shape index (κ2) is 5.48. The van der Waals surface area contributed by atoms with Crippen molar-refractivity contribution in [1.82, 2.24) is 4.98 Å². The molecule has 0 saturated heterocycles. The minimum atomic E-state index is -0.189. The van der Waals surface area contributed by atoms with Crippen LogP contribution in [0.5, 0.6) is 0 Å². The smallest absolute Gasteiger partial charge is 0.309 e. The number of fused-ring (bicyclic) bond motifs is 1. The number of benzene rings is 1. The van der Waals surface area contributed by atoms with Gasteiger partial charge in [-0.05, 0) is 42.2 Å². The maximum Gasteiger partial charge on any atom is 0.309 e. The van der Waals surface area contributed by atoms with Crippen molar-refractivity contribution in [2.75, 3.05) is 7.11 Å². The summed E-state index contributed by atoms with van der Waals surface area (Å²) in [6, 6.07) is 9.12. The first-order chi connectivity index (χ1) is 10.2. The first-order valence-electron chi connectivity index (χ1n) is 6.83. The van der Waals surface area contributed by atoms with E-state index < -0.39 is 0 Å². The Balaban J connectivity index is 1.86. The number of aromatic nitrogens is 1. The van der Waals surface area contributed by atoms with Crippen LogP contribution in [0.4, 0.5) is 0 Å². The van der Waals surface area contributed by atoms with Crippen LogP contribution in [0.25, 0.3) is 0 Å². The van der Waals surface area contributed by atoms with Gasteiger partial charge in [-0.15, -0.1) is 0 Å². The van der Waals surface area contributed by atoms with Gasteiger partial charge in [0.1, 0.15) is 0 Å². The molecule has 4 heteroatoms. The van der Waals surface area contributed by atoms with E-state index in [2.05, 4.69) is 4.98 Å². The van der Waals surface area contributed by atoms with E-state index in [9.17, 15) is 9.59 Å². The number of hydrogen-bond acceptors (Lipinski definition) is 4. The molecule has 0 radical (unpaired) electrons. The summed E-state index contributed by atoms with van der Waals surface area (Å²) in [5.41, 5.74) is 3.38. The Morgan fingerprint density at radius 1 is 1.14 bits per heavy atom. The molecule has 1 aromatic carbocycles. The van der Waals surface area contributed by atoms with Gasteiger partial charge in [0.05, 0.1) is 13.0 Å². The number of ketones is 1. The van der Waals surface area contributed by atoms with Crippen molar-refractivity contribution in [1.29, 1.82) is 0 Å². The molecule has 1 aliphatic rings. The number of carbonyl (C=O) groups is 2. The highest BCUT2D eigenvalue weighted by molar-refractivity contribution is 6.08. The van der Waals surface area contributed by atoms with Gasteiger partial charge in [-0.1, -0.05) is 12.1 Å². The van der Waals surface area contributed by atoms with Crippen molar-refractivity contribution < 1.29 is 14.3 Å². The maximum absolute atomic E-state index is 12.4. The molecule has 0 spiro atoms. The van der Waals surface area contributed by atoms with E-state index in [1.165, 1.54) is 7.11 Å². The van der Waals surface area contributed by atoms with Gasteiger partial charge in [-0.2, -0.15) is 0 Å². The fourth-order valence-electron chi connectivity index (χ4n) is 2.76. The SMILES string of the molecule is COC(=O)C1Cc2ccc(C(=O)c3cccnc3)cc2C1. The van der Waals surface area contributed by atoms with E-state index in [4.69, 9.17) is 4.74 Å². The van der Waals surface area contributed by atoms with Gasteiger partial charge in [0.25, 0.3) is 0 Å². The average molecular weight is 281 g/mol. The van der Waals surface area contributed by atoms with Crippen LogP contribution in [0.2, 0.25) is 0 Å². The number of nitrogens with zero attached hydrogens (tertiary/aromatic N) is 1. The van der Waals surface area contributed by atoms with Crippen molar-refractivity contribution in [3.05, 3.63) is 65.0 Å². The predicted molar refractivity (Wildman–Crippen MR) is 77.0 cm³/mol. The third-order valence-electron chi connectivity index (χ3n) is 3.86. The molecule has 106 valence electrons. The van der Waals surface area contributed by atoms with E-state index in [0.717, 1.165) is 11.1 Å². The van der Waals surface area contributed by atoms with Gasteiger partial charge < -0.3 is 4.74 Å². The van der Waals surface area contributed by atoms with Crippen molar-refractivity contribution in [2.45, 2.75) is 12.8 Å². The largest absolute Gasteiger partial charge is 0.469 e. The lowest BCUT2D eigenvalue weighted by molar-refractivity contribution is -0.145. The molecular formula is C17H15NO3. The number of pyridine rings is 1. The summed E-state index contributed by atoms with van der Waals surface area (Å²) in [5, 5.41) is 0. The Hall–Kier alpha value is -2.49. The number of hydrogen-bond donors (Lipinski definition) is 0. The molecule has 1 unspecified atom stereocenters. The third-order valence-corrected chi connectivity index (χ3v) is 3.86. The summed E-state index contributed by atoms with van der Waals surface area (Å²) >= 11 is 0. The van der Waals surface area contributed by atoms with Crippen LogP contribution in [0.15, 0.2) is 42.7 Å². The lowest BCUT2D eigenvalue weighted by Crippen LogP contribution is -2.15. The first kappa shape index (κ1) is 13.5. The molecule has 0 bridgehead atoms. The third kappa shape index (κ3) is 2.57. The highest BCUT2D eigenvalue weighted by atomic mass is 16.5. The summed E-state index contributed by atoms with van der Waals surface area (Å²) in [6.45, 7) is 0. The van der Waals surface area contributed by atoms with Crippen LogP contribution in [0, 0.1) is 5.92 Å². The second-order valence-corrected chi connectivity index (χ2v) is 5.18.